The summed E-state index contributed by atoms with van der Waals surface area (Å²) in [7, 11) is 0. The van der Waals surface area contributed by atoms with Gasteiger partial charge in [-0.1, -0.05) is 36.4 Å². The highest BCUT2D eigenvalue weighted by Gasteiger charge is 2.41. The van der Waals surface area contributed by atoms with Crippen molar-refractivity contribution in [1.82, 2.24) is 4.98 Å². The van der Waals surface area contributed by atoms with Gasteiger partial charge in [-0.2, -0.15) is 13.2 Å². The second kappa shape index (κ2) is 6.15. The summed E-state index contributed by atoms with van der Waals surface area (Å²) in [6.45, 7) is 3.69. The van der Waals surface area contributed by atoms with Crippen molar-refractivity contribution in [3.05, 3.63) is 71.4 Å². The summed E-state index contributed by atoms with van der Waals surface area (Å²) in [4.78, 5) is 4.21. The van der Waals surface area contributed by atoms with Gasteiger partial charge < -0.3 is 5.32 Å². The molecule has 124 valence electrons. The Balaban J connectivity index is 2.05. The number of alkyl halides is 3. The number of aryl methyl sites for hydroxylation is 2. The monoisotopic (exact) mass is 330 g/mol. The molecule has 1 atom stereocenters. The molecule has 2 aromatic carbocycles. The Morgan fingerprint density at radius 3 is 2.42 bits per heavy atom. The molecule has 0 radical (unpaired) electrons. The normalized spacial score (nSPS) is 13.0. The zero-order chi connectivity index (χ0) is 17.3. The molecule has 0 amide bonds. The number of pyridine rings is 1. The van der Waals surface area contributed by atoms with E-state index in [4.69, 9.17) is 0 Å². The Hall–Kier alpha value is -2.56. The van der Waals surface area contributed by atoms with Gasteiger partial charge in [-0.15, -0.1) is 0 Å². The van der Waals surface area contributed by atoms with Gasteiger partial charge in [0.25, 0.3) is 0 Å². The van der Waals surface area contributed by atoms with Crippen molar-refractivity contribution in [2.24, 2.45) is 0 Å². The molecule has 0 saturated heterocycles. The van der Waals surface area contributed by atoms with Crippen LogP contribution in [0.25, 0.3) is 10.9 Å². The third-order valence-electron chi connectivity index (χ3n) is 4.12. The van der Waals surface area contributed by atoms with Gasteiger partial charge in [0.1, 0.15) is 6.04 Å². The number of rotatable bonds is 3. The van der Waals surface area contributed by atoms with E-state index in [2.05, 4.69) is 10.3 Å². The smallest absolute Gasteiger partial charge is 0.369 e. The van der Waals surface area contributed by atoms with Gasteiger partial charge in [-0.3, -0.25) is 4.98 Å². The van der Waals surface area contributed by atoms with Gasteiger partial charge in [0.15, 0.2) is 0 Å². The van der Waals surface area contributed by atoms with E-state index in [1.807, 2.05) is 26.0 Å². The molecule has 1 N–H and O–H groups in total. The van der Waals surface area contributed by atoms with Gasteiger partial charge in [0.2, 0.25) is 0 Å². The second-order valence-electron chi connectivity index (χ2n) is 5.84. The Kier molecular flexibility index (Phi) is 4.18. The minimum Gasteiger partial charge on any atom is -0.369 e. The average molecular weight is 330 g/mol. The minimum atomic E-state index is -4.42. The van der Waals surface area contributed by atoms with Crippen molar-refractivity contribution >= 4 is 16.6 Å². The van der Waals surface area contributed by atoms with Crippen LogP contribution < -0.4 is 5.32 Å². The van der Waals surface area contributed by atoms with Crippen LogP contribution in [0.5, 0.6) is 0 Å². The standard InChI is InChI=1S/C19H17F3N2/c1-12-8-9-15(11-13(12)2)18(19(20,21)22)24-16-7-3-5-14-6-4-10-23-17(14)16/h3-11,18,24H,1-2H3. The number of hydrogen-bond donors (Lipinski definition) is 1. The first-order chi connectivity index (χ1) is 11.4. The van der Waals surface area contributed by atoms with Gasteiger partial charge in [0.05, 0.1) is 11.2 Å². The molecule has 0 saturated carbocycles. The summed E-state index contributed by atoms with van der Waals surface area (Å²) in [6.07, 6.45) is -2.84. The Bertz CT molecular complexity index is 867. The fourth-order valence-electron chi connectivity index (χ4n) is 2.67. The zero-order valence-electron chi connectivity index (χ0n) is 13.4. The predicted octanol–water partition coefficient (Wildman–Crippen LogP) is 5.57. The molecule has 3 aromatic rings. The van der Waals surface area contributed by atoms with Crippen molar-refractivity contribution in [3.8, 4) is 0 Å². The molecular weight excluding hydrogens is 313 g/mol. The summed E-state index contributed by atoms with van der Waals surface area (Å²) < 4.78 is 40.9. The van der Waals surface area contributed by atoms with Crippen LogP contribution in [0.4, 0.5) is 18.9 Å². The molecule has 0 aliphatic rings. The fourth-order valence-corrected chi connectivity index (χ4v) is 2.67. The Morgan fingerprint density at radius 2 is 1.71 bits per heavy atom. The first kappa shape index (κ1) is 16.3. The van der Waals surface area contributed by atoms with Crippen molar-refractivity contribution in [2.75, 3.05) is 5.32 Å². The molecule has 0 fully saturated rings. The van der Waals surface area contributed by atoms with E-state index in [-0.39, 0.29) is 5.56 Å². The summed E-state index contributed by atoms with van der Waals surface area (Å²) in [5, 5.41) is 3.43. The Morgan fingerprint density at radius 1 is 0.958 bits per heavy atom. The fraction of sp³-hybridized carbons (Fsp3) is 0.211. The van der Waals surface area contributed by atoms with Crippen LogP contribution in [0, 0.1) is 13.8 Å². The third-order valence-corrected chi connectivity index (χ3v) is 4.12. The molecule has 0 aliphatic carbocycles. The van der Waals surface area contributed by atoms with Gasteiger partial charge in [-0.05, 0) is 42.7 Å². The number of anilines is 1. The van der Waals surface area contributed by atoms with Crippen molar-refractivity contribution in [3.63, 3.8) is 0 Å². The van der Waals surface area contributed by atoms with E-state index >= 15 is 0 Å². The van der Waals surface area contributed by atoms with E-state index < -0.39 is 12.2 Å². The molecule has 24 heavy (non-hydrogen) atoms. The third kappa shape index (κ3) is 3.20. The van der Waals surface area contributed by atoms with Gasteiger partial charge in [-0.25, -0.2) is 0 Å². The molecular formula is C19H17F3N2. The zero-order valence-corrected chi connectivity index (χ0v) is 13.4. The van der Waals surface area contributed by atoms with Crippen LogP contribution in [0.1, 0.15) is 22.7 Å². The number of para-hydroxylation sites is 1. The first-order valence-corrected chi connectivity index (χ1v) is 7.60. The number of benzene rings is 2. The molecule has 2 nitrogen and oxygen atoms in total. The lowest BCUT2D eigenvalue weighted by molar-refractivity contribution is -0.143. The highest BCUT2D eigenvalue weighted by molar-refractivity contribution is 5.90. The van der Waals surface area contributed by atoms with Crippen LogP contribution in [-0.4, -0.2) is 11.2 Å². The second-order valence-corrected chi connectivity index (χ2v) is 5.84. The van der Waals surface area contributed by atoms with Crippen LogP contribution in [0.3, 0.4) is 0 Å². The number of halogens is 3. The summed E-state index contributed by atoms with van der Waals surface area (Å²) >= 11 is 0. The van der Waals surface area contributed by atoms with Crippen LogP contribution in [0.15, 0.2) is 54.7 Å². The molecule has 1 heterocycles. The molecule has 1 aromatic heterocycles. The van der Waals surface area contributed by atoms with Crippen molar-refractivity contribution in [1.29, 1.82) is 0 Å². The quantitative estimate of drug-likeness (QED) is 0.679. The van der Waals surface area contributed by atoms with Crippen LogP contribution >= 0.6 is 0 Å². The van der Waals surface area contributed by atoms with Gasteiger partial charge >= 0.3 is 6.18 Å². The SMILES string of the molecule is Cc1ccc(C(Nc2cccc3cccnc23)C(F)(F)F)cc1C. The maximum atomic E-state index is 13.6. The minimum absolute atomic E-state index is 0.193. The van der Waals surface area contributed by atoms with E-state index in [0.29, 0.717) is 11.2 Å². The van der Waals surface area contributed by atoms with E-state index in [1.54, 1.807) is 36.5 Å². The number of fused-ring (bicyclic) bond motifs is 1. The van der Waals surface area contributed by atoms with E-state index in [0.717, 1.165) is 16.5 Å². The van der Waals surface area contributed by atoms with Gasteiger partial charge in [0, 0.05) is 11.6 Å². The number of aromatic nitrogens is 1. The van der Waals surface area contributed by atoms with Crippen LogP contribution in [0.2, 0.25) is 0 Å². The number of nitrogens with one attached hydrogen (secondary N) is 1. The first-order valence-electron chi connectivity index (χ1n) is 7.60. The maximum absolute atomic E-state index is 13.6. The topological polar surface area (TPSA) is 24.9 Å². The maximum Gasteiger partial charge on any atom is 0.412 e. The molecule has 0 spiro atoms. The lowest BCUT2D eigenvalue weighted by Gasteiger charge is -2.24. The lowest BCUT2D eigenvalue weighted by Crippen LogP contribution is -2.28. The Labute approximate surface area is 138 Å². The van der Waals surface area contributed by atoms with E-state index in [9.17, 15) is 13.2 Å². The van der Waals surface area contributed by atoms with E-state index in [1.165, 1.54) is 6.07 Å². The highest BCUT2D eigenvalue weighted by Crippen LogP contribution is 2.37. The highest BCUT2D eigenvalue weighted by atomic mass is 19.4. The van der Waals surface area contributed by atoms with Crippen molar-refractivity contribution in [2.45, 2.75) is 26.1 Å². The molecule has 5 heteroatoms. The summed E-state index contributed by atoms with van der Waals surface area (Å²) in [6, 6.07) is 11.8. The molecule has 1 unspecified atom stereocenters. The number of nitrogens with zero attached hydrogens (tertiary/aromatic N) is 1. The predicted molar refractivity (Wildman–Crippen MR) is 90.1 cm³/mol. The average Bonchev–Trinajstić information content (AvgIpc) is 2.54. The largest absolute Gasteiger partial charge is 0.412 e. The van der Waals surface area contributed by atoms with Crippen LogP contribution in [-0.2, 0) is 0 Å². The summed E-state index contributed by atoms with van der Waals surface area (Å²) in [5.74, 6) is 0. The summed E-state index contributed by atoms with van der Waals surface area (Å²) in [5.41, 5.74) is 2.89. The molecule has 0 bridgehead atoms. The molecule has 3 rings (SSSR count). The number of hydrogen-bond acceptors (Lipinski definition) is 2. The van der Waals surface area contributed by atoms with Crippen molar-refractivity contribution < 1.29 is 13.2 Å². The molecule has 0 aliphatic heterocycles. The lowest BCUT2D eigenvalue weighted by atomic mass is 10.00.